The molecule has 0 saturated heterocycles. The summed E-state index contributed by atoms with van der Waals surface area (Å²) in [5.74, 6) is 0.458. The quantitative estimate of drug-likeness (QED) is 0.613. The van der Waals surface area contributed by atoms with E-state index in [4.69, 9.17) is 4.42 Å². The average Bonchev–Trinajstić information content (AvgIpc) is 2.89. The van der Waals surface area contributed by atoms with Crippen LogP contribution in [0.15, 0.2) is 27.1 Å². The molecule has 6 heteroatoms. The summed E-state index contributed by atoms with van der Waals surface area (Å²) in [6.07, 6.45) is 1.90. The Labute approximate surface area is 165 Å². The number of fused-ring (bicyclic) bond motifs is 1. The van der Waals surface area contributed by atoms with Gasteiger partial charge in [-0.25, -0.2) is 0 Å². The van der Waals surface area contributed by atoms with Crippen molar-refractivity contribution < 1.29 is 9.21 Å². The average molecular weight is 424 g/mol. The van der Waals surface area contributed by atoms with Crippen molar-refractivity contribution in [2.24, 2.45) is 0 Å². The highest BCUT2D eigenvalue weighted by atomic mass is 79.9. The Morgan fingerprint density at radius 2 is 1.58 bits per heavy atom. The molecule has 0 radical (unpaired) electrons. The van der Waals surface area contributed by atoms with E-state index < -0.39 is 0 Å². The van der Waals surface area contributed by atoms with Crippen LogP contribution in [0.4, 0.5) is 0 Å². The first-order valence-electron chi connectivity index (χ1n) is 9.07. The number of carbonyl (C=O) groups excluding carboxylic acids is 1. The molecule has 0 aliphatic heterocycles. The summed E-state index contributed by atoms with van der Waals surface area (Å²) in [6, 6.07) is 5.85. The van der Waals surface area contributed by atoms with Crippen LogP contribution < -0.4 is 0 Å². The smallest absolute Gasteiger partial charge is 0.289 e. The molecule has 0 aliphatic carbocycles. The molecule has 0 saturated carbocycles. The first-order chi connectivity index (χ1) is 12.3. The van der Waals surface area contributed by atoms with Crippen LogP contribution in [-0.4, -0.2) is 75.0 Å². The molecule has 0 N–H and O–H groups in total. The number of hydrogen-bond acceptors (Lipinski definition) is 4. The zero-order valence-electron chi connectivity index (χ0n) is 16.5. The third-order valence-corrected chi connectivity index (χ3v) is 4.94. The minimum absolute atomic E-state index is 0.00710. The third-order valence-electron chi connectivity index (χ3n) is 4.45. The molecule has 0 fully saturated rings. The normalized spacial score (nSPS) is 11.7. The van der Waals surface area contributed by atoms with E-state index in [0.29, 0.717) is 5.76 Å². The maximum atomic E-state index is 13.2. The summed E-state index contributed by atoms with van der Waals surface area (Å²) < 4.78 is 6.91. The van der Waals surface area contributed by atoms with E-state index in [9.17, 15) is 4.79 Å². The number of hydrogen-bond donors (Lipinski definition) is 0. The summed E-state index contributed by atoms with van der Waals surface area (Å²) >= 11 is 3.49. The number of nitrogens with zero attached hydrogens (tertiary/aromatic N) is 3. The second-order valence-electron chi connectivity index (χ2n) is 7.30. The maximum Gasteiger partial charge on any atom is 0.289 e. The van der Waals surface area contributed by atoms with Gasteiger partial charge in [-0.3, -0.25) is 4.79 Å². The highest BCUT2D eigenvalue weighted by molar-refractivity contribution is 9.10. The number of amides is 1. The van der Waals surface area contributed by atoms with Crippen LogP contribution >= 0.6 is 15.9 Å². The fourth-order valence-electron chi connectivity index (χ4n) is 3.01. The van der Waals surface area contributed by atoms with Gasteiger partial charge >= 0.3 is 0 Å². The lowest BCUT2D eigenvalue weighted by molar-refractivity contribution is 0.0714. The van der Waals surface area contributed by atoms with Crippen LogP contribution in [0.1, 0.15) is 29.0 Å². The third kappa shape index (κ3) is 5.56. The van der Waals surface area contributed by atoms with Crippen molar-refractivity contribution in [1.82, 2.24) is 14.7 Å². The molecule has 1 heterocycles. The Balaban J connectivity index is 2.19. The fourth-order valence-corrected chi connectivity index (χ4v) is 3.37. The number of furan rings is 1. The van der Waals surface area contributed by atoms with Gasteiger partial charge in [-0.15, -0.1) is 0 Å². The van der Waals surface area contributed by atoms with Crippen LogP contribution in [0, 0.1) is 6.92 Å². The van der Waals surface area contributed by atoms with Crippen LogP contribution in [0.25, 0.3) is 11.0 Å². The molecule has 2 rings (SSSR count). The van der Waals surface area contributed by atoms with Gasteiger partial charge in [0.25, 0.3) is 5.91 Å². The van der Waals surface area contributed by atoms with E-state index in [0.717, 1.165) is 60.0 Å². The Bertz CT molecular complexity index is 726. The predicted octanol–water partition coefficient (Wildman–Crippen LogP) is 3.85. The standard InChI is InChI=1S/C20H30BrN3O2/c1-15-17-14-16(21)8-9-18(17)26-19(15)20(25)24(12-6-10-22(2)3)13-7-11-23(4)5/h8-9,14H,6-7,10-13H2,1-5H3. The zero-order chi connectivity index (χ0) is 19.3. The van der Waals surface area contributed by atoms with Gasteiger partial charge in [0.2, 0.25) is 0 Å². The van der Waals surface area contributed by atoms with Gasteiger partial charge in [0.05, 0.1) is 0 Å². The van der Waals surface area contributed by atoms with Crippen molar-refractivity contribution in [2.75, 3.05) is 54.4 Å². The summed E-state index contributed by atoms with van der Waals surface area (Å²) in [7, 11) is 8.22. The largest absolute Gasteiger partial charge is 0.451 e. The van der Waals surface area contributed by atoms with E-state index in [1.165, 1.54) is 0 Å². The second kappa shape index (κ2) is 9.53. The number of rotatable bonds is 9. The van der Waals surface area contributed by atoms with Crippen molar-refractivity contribution in [1.29, 1.82) is 0 Å². The van der Waals surface area contributed by atoms with E-state index in [2.05, 4.69) is 53.9 Å². The van der Waals surface area contributed by atoms with Gasteiger partial charge < -0.3 is 19.1 Å². The number of aryl methyl sites for hydroxylation is 1. The lowest BCUT2D eigenvalue weighted by Gasteiger charge is -2.23. The lowest BCUT2D eigenvalue weighted by atomic mass is 10.1. The van der Waals surface area contributed by atoms with Gasteiger partial charge in [0.15, 0.2) is 5.76 Å². The lowest BCUT2D eigenvalue weighted by Crippen LogP contribution is -2.35. The topological polar surface area (TPSA) is 39.9 Å². The fraction of sp³-hybridized carbons (Fsp3) is 0.550. The van der Waals surface area contributed by atoms with Crippen molar-refractivity contribution in [3.05, 3.63) is 34.0 Å². The minimum Gasteiger partial charge on any atom is -0.451 e. The van der Waals surface area contributed by atoms with Gasteiger partial charge in [-0.1, -0.05) is 15.9 Å². The zero-order valence-corrected chi connectivity index (χ0v) is 18.1. The molecule has 1 aromatic heterocycles. The molecular weight excluding hydrogens is 394 g/mol. The van der Waals surface area contributed by atoms with Crippen LogP contribution in [0.5, 0.6) is 0 Å². The molecule has 0 unspecified atom stereocenters. The first-order valence-corrected chi connectivity index (χ1v) is 9.86. The Morgan fingerprint density at radius 3 is 2.12 bits per heavy atom. The Morgan fingerprint density at radius 1 is 1.00 bits per heavy atom. The van der Waals surface area contributed by atoms with Crippen molar-refractivity contribution in [3.63, 3.8) is 0 Å². The van der Waals surface area contributed by atoms with Gasteiger partial charge in [0.1, 0.15) is 5.58 Å². The molecule has 1 amide bonds. The number of carbonyl (C=O) groups is 1. The first kappa shape index (κ1) is 20.9. The SMILES string of the molecule is Cc1c(C(=O)N(CCCN(C)C)CCCN(C)C)oc2ccc(Br)cc12. The number of halogens is 1. The molecule has 0 aliphatic rings. The van der Waals surface area contributed by atoms with E-state index in [1.54, 1.807) is 0 Å². The van der Waals surface area contributed by atoms with Crippen molar-refractivity contribution >= 4 is 32.8 Å². The molecule has 0 bridgehead atoms. The van der Waals surface area contributed by atoms with Crippen molar-refractivity contribution in [3.8, 4) is 0 Å². The van der Waals surface area contributed by atoms with Crippen LogP contribution in [-0.2, 0) is 0 Å². The van der Waals surface area contributed by atoms with Gasteiger partial charge in [-0.05, 0) is 79.2 Å². The molecule has 2 aromatic rings. The van der Waals surface area contributed by atoms with E-state index in [-0.39, 0.29) is 5.91 Å². The molecule has 5 nitrogen and oxygen atoms in total. The predicted molar refractivity (Wildman–Crippen MR) is 111 cm³/mol. The summed E-state index contributed by atoms with van der Waals surface area (Å²) in [5.41, 5.74) is 1.67. The maximum absolute atomic E-state index is 13.2. The summed E-state index contributed by atoms with van der Waals surface area (Å²) in [4.78, 5) is 19.4. The molecule has 1 aromatic carbocycles. The highest BCUT2D eigenvalue weighted by Crippen LogP contribution is 2.29. The van der Waals surface area contributed by atoms with Crippen molar-refractivity contribution in [2.45, 2.75) is 19.8 Å². The molecular formula is C20H30BrN3O2. The highest BCUT2D eigenvalue weighted by Gasteiger charge is 2.23. The van der Waals surface area contributed by atoms with E-state index in [1.807, 2.05) is 30.0 Å². The molecule has 144 valence electrons. The van der Waals surface area contributed by atoms with E-state index >= 15 is 0 Å². The number of benzene rings is 1. The second-order valence-corrected chi connectivity index (χ2v) is 8.22. The van der Waals surface area contributed by atoms with Gasteiger partial charge in [0, 0.05) is 28.5 Å². The molecule has 0 spiro atoms. The monoisotopic (exact) mass is 423 g/mol. The molecule has 0 atom stereocenters. The summed E-state index contributed by atoms with van der Waals surface area (Å²) in [6.45, 7) is 5.37. The molecule has 26 heavy (non-hydrogen) atoms. The summed E-state index contributed by atoms with van der Waals surface area (Å²) in [5, 5.41) is 0.990. The van der Waals surface area contributed by atoms with Crippen LogP contribution in [0.3, 0.4) is 0 Å². The Kier molecular flexibility index (Phi) is 7.68. The van der Waals surface area contributed by atoms with Gasteiger partial charge in [-0.2, -0.15) is 0 Å². The minimum atomic E-state index is -0.00710. The Hall–Kier alpha value is -1.37. The van der Waals surface area contributed by atoms with Crippen LogP contribution in [0.2, 0.25) is 0 Å².